The Balaban J connectivity index is 1.90. The van der Waals surface area contributed by atoms with Gasteiger partial charge in [-0.1, -0.05) is 32.4 Å². The van der Waals surface area contributed by atoms with E-state index in [1.807, 2.05) is 0 Å². The zero-order valence-corrected chi connectivity index (χ0v) is 16.0. The highest BCUT2D eigenvalue weighted by Crippen LogP contribution is 2.69. The van der Waals surface area contributed by atoms with Crippen molar-refractivity contribution in [1.82, 2.24) is 0 Å². The van der Waals surface area contributed by atoms with Crippen LogP contribution in [0.1, 0.15) is 72.1 Å². The molecule has 0 amide bonds. The summed E-state index contributed by atoms with van der Waals surface area (Å²) in [5, 5.41) is 9.51. The number of rotatable bonds is 4. The summed E-state index contributed by atoms with van der Waals surface area (Å²) in [6.07, 6.45) is 13.3. The summed E-state index contributed by atoms with van der Waals surface area (Å²) in [5.41, 5.74) is 1.78. The third-order valence-electron chi connectivity index (χ3n) is 8.42. The second kappa shape index (κ2) is 5.96. The molecule has 25 heavy (non-hydrogen) atoms. The molecule has 0 unspecified atom stereocenters. The lowest BCUT2D eigenvalue weighted by Crippen LogP contribution is -2.61. The highest BCUT2D eigenvalue weighted by molar-refractivity contribution is 5.68. The maximum absolute atomic E-state index is 11.6. The zero-order chi connectivity index (χ0) is 17.8. The van der Waals surface area contributed by atoms with Gasteiger partial charge in [0, 0.05) is 24.0 Å². The Morgan fingerprint density at radius 3 is 2.84 bits per heavy atom. The van der Waals surface area contributed by atoms with Crippen LogP contribution in [-0.2, 0) is 4.79 Å². The van der Waals surface area contributed by atoms with Crippen molar-refractivity contribution >= 4 is 12.2 Å². The van der Waals surface area contributed by atoms with Crippen LogP contribution in [0.25, 0.3) is 0 Å². The van der Waals surface area contributed by atoms with Crippen molar-refractivity contribution in [3.8, 4) is 0 Å². The average molecular weight is 344 g/mol. The molecule has 1 aliphatic heterocycles. The SMILES string of the molecule is CC(C)[C@@H]1CC[C@]2(C)[C@@H]3C=N[C@H]1[C@@]2(CCC(=O)O)C1=CCC[C@H]1CC3. The highest BCUT2D eigenvalue weighted by Gasteiger charge is 2.65. The second-order valence-electron chi connectivity index (χ2n) is 9.59. The Kier molecular flexibility index (Phi) is 4.12. The molecule has 6 atom stereocenters. The second-order valence-corrected chi connectivity index (χ2v) is 9.59. The molecule has 138 valence electrons. The fourth-order valence-corrected chi connectivity index (χ4v) is 7.13. The topological polar surface area (TPSA) is 49.7 Å². The first-order valence-corrected chi connectivity index (χ1v) is 10.4. The molecule has 0 aromatic carbocycles. The fraction of sp³-hybridized carbons (Fsp3) is 0.818. The number of aliphatic carboxylic acids is 1. The number of hydrogen-bond acceptors (Lipinski definition) is 2. The van der Waals surface area contributed by atoms with Gasteiger partial charge in [0.25, 0.3) is 0 Å². The van der Waals surface area contributed by atoms with Gasteiger partial charge in [-0.3, -0.25) is 9.79 Å². The van der Waals surface area contributed by atoms with Crippen molar-refractivity contribution in [1.29, 1.82) is 0 Å². The predicted octanol–water partition coefficient (Wildman–Crippen LogP) is 5.11. The maximum atomic E-state index is 11.6. The maximum Gasteiger partial charge on any atom is 0.303 e. The number of fused-ring (bicyclic) bond motifs is 1. The Labute approximate surface area is 152 Å². The van der Waals surface area contributed by atoms with Crippen molar-refractivity contribution < 1.29 is 9.90 Å². The van der Waals surface area contributed by atoms with Gasteiger partial charge in [-0.05, 0) is 68.1 Å². The number of hydrogen-bond donors (Lipinski definition) is 1. The van der Waals surface area contributed by atoms with E-state index in [1.54, 1.807) is 5.57 Å². The van der Waals surface area contributed by atoms with Gasteiger partial charge in [-0.15, -0.1) is 0 Å². The van der Waals surface area contributed by atoms with Gasteiger partial charge in [0.15, 0.2) is 0 Å². The first-order valence-electron chi connectivity index (χ1n) is 10.4. The van der Waals surface area contributed by atoms with Crippen LogP contribution in [0.5, 0.6) is 0 Å². The lowest BCUT2D eigenvalue weighted by atomic mass is 9.43. The van der Waals surface area contributed by atoms with E-state index >= 15 is 0 Å². The summed E-state index contributed by atoms with van der Waals surface area (Å²) in [4.78, 5) is 16.8. The summed E-state index contributed by atoms with van der Waals surface area (Å²) in [6, 6.07) is 0.284. The molecular weight excluding hydrogens is 310 g/mol. The summed E-state index contributed by atoms with van der Waals surface area (Å²) < 4.78 is 0. The van der Waals surface area contributed by atoms with Crippen molar-refractivity contribution in [2.45, 2.75) is 78.2 Å². The molecular formula is C22H33NO2. The number of nitrogens with zero attached hydrogens (tertiary/aromatic N) is 1. The molecule has 1 heterocycles. The first kappa shape index (κ1) is 17.3. The van der Waals surface area contributed by atoms with Crippen LogP contribution in [0.3, 0.4) is 0 Å². The van der Waals surface area contributed by atoms with Crippen molar-refractivity contribution in [3.63, 3.8) is 0 Å². The predicted molar refractivity (Wildman–Crippen MR) is 101 cm³/mol. The minimum Gasteiger partial charge on any atom is -0.481 e. The van der Waals surface area contributed by atoms with Crippen LogP contribution in [0.2, 0.25) is 0 Å². The minimum atomic E-state index is -0.650. The Bertz CT molecular complexity index is 622. The van der Waals surface area contributed by atoms with E-state index < -0.39 is 5.97 Å². The summed E-state index contributed by atoms with van der Waals surface area (Å²) in [7, 11) is 0. The van der Waals surface area contributed by atoms with E-state index in [-0.39, 0.29) is 23.3 Å². The number of aliphatic imine (C=N–C) groups is 1. The molecule has 4 rings (SSSR count). The molecule has 1 N–H and O–H groups in total. The van der Waals surface area contributed by atoms with Crippen LogP contribution in [0, 0.1) is 34.5 Å². The van der Waals surface area contributed by atoms with Crippen LogP contribution >= 0.6 is 0 Å². The fourth-order valence-electron chi connectivity index (χ4n) is 7.13. The van der Waals surface area contributed by atoms with Crippen LogP contribution in [-0.4, -0.2) is 23.3 Å². The molecule has 0 radical (unpaired) electrons. The first-order chi connectivity index (χ1) is 11.9. The van der Waals surface area contributed by atoms with Crippen molar-refractivity contribution in [2.75, 3.05) is 0 Å². The largest absolute Gasteiger partial charge is 0.481 e. The monoisotopic (exact) mass is 343 g/mol. The lowest BCUT2D eigenvalue weighted by molar-refractivity contribution is -0.139. The molecule has 4 aliphatic rings. The highest BCUT2D eigenvalue weighted by atomic mass is 16.4. The average Bonchev–Trinajstić information content (AvgIpc) is 2.99. The molecule has 4 bridgehead atoms. The van der Waals surface area contributed by atoms with E-state index in [9.17, 15) is 9.90 Å². The number of allylic oxidation sites excluding steroid dienone is 1. The van der Waals surface area contributed by atoms with Gasteiger partial charge in [0.2, 0.25) is 0 Å². The molecule has 2 saturated carbocycles. The number of carboxylic acids is 1. The van der Waals surface area contributed by atoms with Gasteiger partial charge in [-0.2, -0.15) is 0 Å². The minimum absolute atomic E-state index is 0.0182. The van der Waals surface area contributed by atoms with Crippen LogP contribution in [0.4, 0.5) is 0 Å². The van der Waals surface area contributed by atoms with Gasteiger partial charge < -0.3 is 5.11 Å². The van der Waals surface area contributed by atoms with Crippen molar-refractivity contribution in [2.24, 2.45) is 39.5 Å². The van der Waals surface area contributed by atoms with Crippen LogP contribution < -0.4 is 0 Å². The quantitative estimate of drug-likeness (QED) is 0.721. The summed E-state index contributed by atoms with van der Waals surface area (Å²) in [5.74, 6) is 1.74. The third kappa shape index (κ3) is 2.30. The Morgan fingerprint density at radius 2 is 2.12 bits per heavy atom. The molecule has 0 aromatic heterocycles. The smallest absolute Gasteiger partial charge is 0.303 e. The zero-order valence-electron chi connectivity index (χ0n) is 16.0. The summed E-state index contributed by atoms with van der Waals surface area (Å²) >= 11 is 0. The van der Waals surface area contributed by atoms with E-state index in [1.165, 1.54) is 38.5 Å². The van der Waals surface area contributed by atoms with Gasteiger partial charge in [-0.25, -0.2) is 0 Å². The third-order valence-corrected chi connectivity index (χ3v) is 8.42. The molecule has 0 aromatic rings. The summed E-state index contributed by atoms with van der Waals surface area (Å²) in [6.45, 7) is 7.14. The van der Waals surface area contributed by atoms with Gasteiger partial charge in [0.05, 0.1) is 6.04 Å². The number of carboxylic acid groups (broad SMARTS) is 1. The molecule has 3 aliphatic carbocycles. The van der Waals surface area contributed by atoms with E-state index in [0.29, 0.717) is 23.7 Å². The molecule has 0 spiro atoms. The lowest BCUT2D eigenvalue weighted by Gasteiger charge is -2.63. The van der Waals surface area contributed by atoms with E-state index in [4.69, 9.17) is 4.99 Å². The Morgan fingerprint density at radius 1 is 1.32 bits per heavy atom. The van der Waals surface area contributed by atoms with Gasteiger partial charge >= 0.3 is 5.97 Å². The normalized spacial score (nSPS) is 45.0. The number of carbonyl (C=O) groups is 1. The molecule has 3 heteroatoms. The van der Waals surface area contributed by atoms with Crippen molar-refractivity contribution in [3.05, 3.63) is 11.6 Å². The molecule has 0 saturated heterocycles. The molecule has 3 nitrogen and oxygen atoms in total. The Hall–Kier alpha value is -1.12. The van der Waals surface area contributed by atoms with E-state index in [0.717, 1.165) is 6.42 Å². The van der Waals surface area contributed by atoms with Crippen LogP contribution in [0.15, 0.2) is 16.6 Å². The van der Waals surface area contributed by atoms with Gasteiger partial charge in [0.1, 0.15) is 0 Å². The van der Waals surface area contributed by atoms with E-state index in [2.05, 4.69) is 33.1 Å². The molecule has 2 fully saturated rings. The standard InChI is InChI=1S/C22H33NO2/c1-14(2)17-9-11-21(3)16-8-7-15-5-4-6-18(15)22(21,12-10-19(24)25)20(17)23-13-16/h6,13-17,20H,4-5,7-12H2,1-3H3,(H,24,25)/t15-,16-,17-,20+,21+,22+/m0/s1.